The zero-order valence-corrected chi connectivity index (χ0v) is 18.2. The van der Waals surface area contributed by atoms with Gasteiger partial charge in [-0.05, 0) is 43.3 Å². The van der Waals surface area contributed by atoms with Crippen LogP contribution in [-0.4, -0.2) is 55.8 Å². The lowest BCUT2D eigenvalue weighted by Gasteiger charge is -2.22. The van der Waals surface area contributed by atoms with Crippen molar-refractivity contribution in [2.75, 3.05) is 30.6 Å². The van der Waals surface area contributed by atoms with Crippen molar-refractivity contribution in [1.29, 1.82) is 0 Å². The van der Waals surface area contributed by atoms with E-state index in [0.29, 0.717) is 16.9 Å². The first-order chi connectivity index (χ1) is 15.9. The van der Waals surface area contributed by atoms with E-state index in [1.54, 1.807) is 31.2 Å². The third-order valence-electron chi connectivity index (χ3n) is 4.78. The molecule has 0 fully saturated rings. The summed E-state index contributed by atoms with van der Waals surface area (Å²) < 4.78 is 9.52. The molecular weight excluding hydrogens is 428 g/mol. The van der Waals surface area contributed by atoms with Crippen LogP contribution < -0.4 is 15.6 Å². The van der Waals surface area contributed by atoms with Crippen LogP contribution in [0.5, 0.6) is 0 Å². The van der Waals surface area contributed by atoms with E-state index >= 15 is 0 Å². The van der Waals surface area contributed by atoms with Crippen molar-refractivity contribution in [2.45, 2.75) is 19.4 Å². The molecule has 0 saturated carbocycles. The number of nitrogens with one attached hydrogen (secondary N) is 2. The van der Waals surface area contributed by atoms with E-state index in [-0.39, 0.29) is 31.2 Å². The fraction of sp³-hybridized carbons (Fsp3) is 0.261. The molecule has 2 aromatic rings. The summed E-state index contributed by atoms with van der Waals surface area (Å²) in [6.45, 7) is 1.67. The van der Waals surface area contributed by atoms with E-state index in [9.17, 15) is 19.2 Å². The number of anilines is 2. The minimum absolute atomic E-state index is 0.0909. The average Bonchev–Trinajstić information content (AvgIpc) is 3.29. The molecular formula is C23H24N4O6. The molecule has 0 bridgehead atoms. The molecule has 0 saturated heterocycles. The summed E-state index contributed by atoms with van der Waals surface area (Å²) in [6, 6.07) is 14.5. The van der Waals surface area contributed by atoms with Crippen molar-refractivity contribution >= 4 is 40.8 Å². The quantitative estimate of drug-likeness (QED) is 0.584. The minimum atomic E-state index is -0.755. The molecule has 10 nitrogen and oxygen atoms in total. The number of methoxy groups -OCH3 is 1. The van der Waals surface area contributed by atoms with Crippen LogP contribution in [0, 0.1) is 0 Å². The Morgan fingerprint density at radius 2 is 1.76 bits per heavy atom. The summed E-state index contributed by atoms with van der Waals surface area (Å²) in [5.74, 6) is -1.94. The summed E-state index contributed by atoms with van der Waals surface area (Å²) in [5, 5.41) is 11.0. The molecule has 0 spiro atoms. The van der Waals surface area contributed by atoms with Gasteiger partial charge in [-0.3, -0.25) is 19.4 Å². The second-order valence-corrected chi connectivity index (χ2v) is 6.99. The number of hydrogen-bond acceptors (Lipinski definition) is 8. The second kappa shape index (κ2) is 10.9. The fourth-order valence-electron chi connectivity index (χ4n) is 3.13. The third-order valence-corrected chi connectivity index (χ3v) is 4.78. The monoisotopic (exact) mass is 452 g/mol. The van der Waals surface area contributed by atoms with Gasteiger partial charge in [0, 0.05) is 17.7 Å². The number of esters is 2. The van der Waals surface area contributed by atoms with Crippen molar-refractivity contribution in [3.8, 4) is 0 Å². The van der Waals surface area contributed by atoms with Crippen LogP contribution in [0.15, 0.2) is 59.7 Å². The molecule has 1 aliphatic heterocycles. The Morgan fingerprint density at radius 3 is 2.39 bits per heavy atom. The SMILES string of the molecule is CCOC(=O)C1=NN(c2ccccc2)C(C(=O)Nc2ccc(C(=O)NCC(=O)OC)cc2)C1. The number of hydrazone groups is 1. The zero-order valence-electron chi connectivity index (χ0n) is 18.2. The summed E-state index contributed by atoms with van der Waals surface area (Å²) >= 11 is 0. The highest BCUT2D eigenvalue weighted by atomic mass is 16.5. The molecule has 1 atom stereocenters. The predicted molar refractivity (Wildman–Crippen MR) is 121 cm³/mol. The van der Waals surface area contributed by atoms with Crippen LogP contribution in [-0.2, 0) is 23.9 Å². The first kappa shape index (κ1) is 23.5. The maximum absolute atomic E-state index is 13.0. The second-order valence-electron chi connectivity index (χ2n) is 6.99. The van der Waals surface area contributed by atoms with Crippen LogP contribution in [0.25, 0.3) is 0 Å². The fourth-order valence-corrected chi connectivity index (χ4v) is 3.13. The molecule has 1 heterocycles. The maximum atomic E-state index is 13.0. The number of para-hydroxylation sites is 1. The van der Waals surface area contributed by atoms with Crippen molar-refractivity contribution in [3.05, 3.63) is 60.2 Å². The van der Waals surface area contributed by atoms with Gasteiger partial charge in [0.25, 0.3) is 5.91 Å². The first-order valence-electron chi connectivity index (χ1n) is 10.3. The van der Waals surface area contributed by atoms with Gasteiger partial charge < -0.3 is 20.1 Å². The molecule has 0 radical (unpaired) electrons. The van der Waals surface area contributed by atoms with Gasteiger partial charge in [-0.15, -0.1) is 0 Å². The topological polar surface area (TPSA) is 126 Å². The molecule has 10 heteroatoms. The number of ether oxygens (including phenoxy) is 2. The number of carbonyl (C=O) groups is 4. The Bertz CT molecular complexity index is 1050. The Hall–Kier alpha value is -4.21. The molecule has 2 aromatic carbocycles. The number of hydrogen-bond donors (Lipinski definition) is 2. The van der Waals surface area contributed by atoms with Crippen molar-refractivity contribution < 1.29 is 28.7 Å². The molecule has 3 rings (SSSR count). The number of rotatable bonds is 8. The molecule has 33 heavy (non-hydrogen) atoms. The molecule has 0 aliphatic carbocycles. The van der Waals surface area contributed by atoms with E-state index in [1.165, 1.54) is 24.3 Å². The van der Waals surface area contributed by atoms with Gasteiger partial charge in [-0.25, -0.2) is 4.79 Å². The van der Waals surface area contributed by atoms with Gasteiger partial charge in [0.15, 0.2) is 0 Å². The van der Waals surface area contributed by atoms with E-state index in [2.05, 4.69) is 20.5 Å². The molecule has 0 aromatic heterocycles. The first-order valence-corrected chi connectivity index (χ1v) is 10.3. The highest BCUT2D eigenvalue weighted by Gasteiger charge is 2.36. The number of carbonyl (C=O) groups excluding carboxylic acids is 4. The van der Waals surface area contributed by atoms with E-state index in [4.69, 9.17) is 4.74 Å². The predicted octanol–water partition coefficient (Wildman–Crippen LogP) is 1.73. The summed E-state index contributed by atoms with van der Waals surface area (Å²) in [5.41, 5.74) is 1.60. The van der Waals surface area contributed by atoms with Crippen LogP contribution in [0.3, 0.4) is 0 Å². The van der Waals surface area contributed by atoms with Gasteiger partial charge >= 0.3 is 11.9 Å². The van der Waals surface area contributed by atoms with Crippen molar-refractivity contribution in [3.63, 3.8) is 0 Å². The molecule has 1 unspecified atom stereocenters. The third kappa shape index (κ3) is 5.94. The Morgan fingerprint density at radius 1 is 1.06 bits per heavy atom. The summed E-state index contributed by atoms with van der Waals surface area (Å²) in [6.07, 6.45) is 0.0909. The smallest absolute Gasteiger partial charge is 0.354 e. The van der Waals surface area contributed by atoms with Crippen LogP contribution in [0.1, 0.15) is 23.7 Å². The zero-order chi connectivity index (χ0) is 23.8. The van der Waals surface area contributed by atoms with Crippen molar-refractivity contribution in [2.24, 2.45) is 5.10 Å². The molecule has 2 amide bonds. The summed E-state index contributed by atoms with van der Waals surface area (Å²) in [4.78, 5) is 48.5. The molecule has 2 N–H and O–H groups in total. The largest absolute Gasteiger partial charge is 0.468 e. The van der Waals surface area contributed by atoms with Crippen LogP contribution in [0.2, 0.25) is 0 Å². The normalized spacial score (nSPS) is 14.8. The maximum Gasteiger partial charge on any atom is 0.354 e. The van der Waals surface area contributed by atoms with Gasteiger partial charge in [0.1, 0.15) is 18.3 Å². The molecule has 1 aliphatic rings. The summed E-state index contributed by atoms with van der Waals surface area (Å²) in [7, 11) is 1.23. The Kier molecular flexibility index (Phi) is 7.74. The lowest BCUT2D eigenvalue weighted by molar-refractivity contribution is -0.139. The number of nitrogens with zero attached hydrogens (tertiary/aromatic N) is 2. The van der Waals surface area contributed by atoms with E-state index < -0.39 is 23.9 Å². The number of benzene rings is 2. The average molecular weight is 452 g/mol. The number of amides is 2. The Balaban J connectivity index is 1.70. The van der Waals surface area contributed by atoms with Crippen molar-refractivity contribution in [1.82, 2.24) is 5.32 Å². The van der Waals surface area contributed by atoms with Gasteiger partial charge in [-0.2, -0.15) is 5.10 Å². The van der Waals surface area contributed by atoms with E-state index in [0.717, 1.165) is 0 Å². The van der Waals surface area contributed by atoms with Crippen LogP contribution in [0.4, 0.5) is 11.4 Å². The van der Waals surface area contributed by atoms with Gasteiger partial charge in [-0.1, -0.05) is 18.2 Å². The highest BCUT2D eigenvalue weighted by Crippen LogP contribution is 2.26. The highest BCUT2D eigenvalue weighted by molar-refractivity contribution is 6.38. The standard InChI is InChI=1S/C23H24N4O6/c1-3-33-23(31)18-13-19(27(26-18)17-7-5-4-6-8-17)22(30)25-16-11-9-15(10-12-16)21(29)24-14-20(28)32-2/h4-12,19H,3,13-14H2,1-2H3,(H,24,29)(H,25,30). The molecule has 172 valence electrons. The minimum Gasteiger partial charge on any atom is -0.468 e. The van der Waals surface area contributed by atoms with Gasteiger partial charge in [0.2, 0.25) is 5.91 Å². The Labute approximate surface area is 190 Å². The van der Waals surface area contributed by atoms with Gasteiger partial charge in [0.05, 0.1) is 19.4 Å². The lowest BCUT2D eigenvalue weighted by atomic mass is 10.1. The lowest BCUT2D eigenvalue weighted by Crippen LogP contribution is -2.38. The van der Waals surface area contributed by atoms with Crippen LogP contribution >= 0.6 is 0 Å². The van der Waals surface area contributed by atoms with E-state index in [1.807, 2.05) is 18.2 Å².